The number of fused-ring (bicyclic) bond motifs is 1. The van der Waals surface area contributed by atoms with E-state index in [-0.39, 0.29) is 0 Å². The molecule has 0 bridgehead atoms. The molecule has 1 nitrogen and oxygen atoms in total. The number of nitrogens with zero attached hydrogens (tertiary/aromatic N) is 1. The number of rotatable bonds is 6. The second kappa shape index (κ2) is 10.3. The van der Waals surface area contributed by atoms with E-state index in [2.05, 4.69) is 145 Å². The van der Waals surface area contributed by atoms with Crippen LogP contribution in [0, 0.1) is 6.92 Å². The molecule has 0 aliphatic heterocycles. The number of anilines is 3. The van der Waals surface area contributed by atoms with E-state index in [1.165, 1.54) is 75.3 Å². The quantitative estimate of drug-likeness (QED) is 0.220. The Balaban J connectivity index is 1.40. The third-order valence-corrected chi connectivity index (χ3v) is 7.26. The molecule has 0 saturated heterocycles. The van der Waals surface area contributed by atoms with Crippen LogP contribution in [-0.2, 0) is 12.8 Å². The monoisotopic (exact) mass is 477 g/mol. The normalized spacial score (nSPS) is 12.1. The van der Waals surface area contributed by atoms with Crippen molar-refractivity contribution >= 4 is 28.7 Å². The van der Waals surface area contributed by atoms with Crippen LogP contribution in [0.25, 0.3) is 11.6 Å². The minimum Gasteiger partial charge on any atom is -0.310 e. The summed E-state index contributed by atoms with van der Waals surface area (Å²) in [6.07, 6.45) is 5.93. The van der Waals surface area contributed by atoms with Gasteiger partial charge in [-0.1, -0.05) is 96.6 Å². The zero-order valence-electron chi connectivity index (χ0n) is 21.3. The van der Waals surface area contributed by atoms with Gasteiger partial charge in [0.2, 0.25) is 0 Å². The molecule has 6 rings (SSSR count). The Hall–Kier alpha value is -4.36. The van der Waals surface area contributed by atoms with E-state index < -0.39 is 0 Å². The highest BCUT2D eigenvalue weighted by molar-refractivity contribution is 5.91. The minimum atomic E-state index is 1.17. The van der Waals surface area contributed by atoms with Crippen LogP contribution in [-0.4, -0.2) is 0 Å². The van der Waals surface area contributed by atoms with Gasteiger partial charge in [0, 0.05) is 17.1 Å². The van der Waals surface area contributed by atoms with Crippen LogP contribution in [0.1, 0.15) is 39.8 Å². The van der Waals surface area contributed by atoms with Gasteiger partial charge in [-0.15, -0.1) is 0 Å². The SMILES string of the molecule is Cc1ccc(N(c2ccc(C=C(c3ccccc3)c3ccccc3)cc2)c2ccc3c(c2)CCC3)cc1. The summed E-state index contributed by atoms with van der Waals surface area (Å²) >= 11 is 0. The van der Waals surface area contributed by atoms with Crippen LogP contribution in [0.2, 0.25) is 0 Å². The van der Waals surface area contributed by atoms with Crippen molar-refractivity contribution < 1.29 is 0 Å². The number of hydrogen-bond donors (Lipinski definition) is 0. The Kier molecular flexibility index (Phi) is 6.44. The van der Waals surface area contributed by atoms with E-state index >= 15 is 0 Å². The maximum atomic E-state index is 2.39. The lowest BCUT2D eigenvalue weighted by Gasteiger charge is -2.26. The van der Waals surface area contributed by atoms with Crippen molar-refractivity contribution in [3.8, 4) is 0 Å². The Bertz CT molecular complexity index is 1470. The molecule has 0 atom stereocenters. The van der Waals surface area contributed by atoms with Crippen LogP contribution < -0.4 is 4.90 Å². The maximum absolute atomic E-state index is 2.39. The summed E-state index contributed by atoms with van der Waals surface area (Å²) in [5, 5.41) is 0. The van der Waals surface area contributed by atoms with Crippen LogP contribution in [0.5, 0.6) is 0 Å². The average Bonchev–Trinajstić information content (AvgIpc) is 3.43. The fourth-order valence-corrected chi connectivity index (χ4v) is 5.29. The first kappa shape index (κ1) is 23.1. The van der Waals surface area contributed by atoms with Crippen molar-refractivity contribution in [3.05, 3.63) is 161 Å². The molecule has 1 aliphatic rings. The highest BCUT2D eigenvalue weighted by Gasteiger charge is 2.17. The van der Waals surface area contributed by atoms with Gasteiger partial charge in [-0.2, -0.15) is 0 Å². The molecule has 0 aromatic heterocycles. The Labute approximate surface area is 220 Å². The molecule has 0 heterocycles. The van der Waals surface area contributed by atoms with E-state index in [1.54, 1.807) is 0 Å². The summed E-state index contributed by atoms with van der Waals surface area (Å²) in [6, 6.07) is 46.0. The maximum Gasteiger partial charge on any atom is 0.0464 e. The van der Waals surface area contributed by atoms with Crippen LogP contribution in [0.3, 0.4) is 0 Å². The Morgan fingerprint density at radius 3 is 1.73 bits per heavy atom. The van der Waals surface area contributed by atoms with Gasteiger partial charge >= 0.3 is 0 Å². The topological polar surface area (TPSA) is 3.24 Å². The van der Waals surface area contributed by atoms with E-state index in [0.29, 0.717) is 0 Å². The molecule has 0 radical (unpaired) electrons. The van der Waals surface area contributed by atoms with E-state index in [0.717, 1.165) is 0 Å². The molecule has 0 saturated carbocycles. The first-order chi connectivity index (χ1) is 18.2. The van der Waals surface area contributed by atoms with Crippen molar-refractivity contribution in [2.45, 2.75) is 26.2 Å². The minimum absolute atomic E-state index is 1.17. The summed E-state index contributed by atoms with van der Waals surface area (Å²) in [4.78, 5) is 2.38. The highest BCUT2D eigenvalue weighted by atomic mass is 15.1. The lowest BCUT2D eigenvalue weighted by Crippen LogP contribution is -2.10. The number of hydrogen-bond acceptors (Lipinski definition) is 1. The van der Waals surface area contributed by atoms with Gasteiger partial charge in [-0.05, 0) is 102 Å². The van der Waals surface area contributed by atoms with Crippen molar-refractivity contribution in [2.75, 3.05) is 4.90 Å². The number of aryl methyl sites for hydroxylation is 3. The van der Waals surface area contributed by atoms with Gasteiger partial charge in [0.15, 0.2) is 0 Å². The summed E-state index contributed by atoms with van der Waals surface area (Å²) in [5.74, 6) is 0. The standard InChI is InChI=1S/C36H31N/c1-27-15-20-33(21-16-27)37(35-24-19-29-13-8-14-32(29)26-35)34-22-17-28(18-23-34)25-36(30-9-4-2-5-10-30)31-11-6-3-7-12-31/h2-7,9-12,15-26H,8,13-14H2,1H3. The fourth-order valence-electron chi connectivity index (χ4n) is 5.29. The third-order valence-electron chi connectivity index (χ3n) is 7.26. The molecule has 180 valence electrons. The summed E-state index contributed by atoms with van der Waals surface area (Å²) in [6.45, 7) is 2.14. The molecule has 0 fully saturated rings. The smallest absolute Gasteiger partial charge is 0.0464 e. The van der Waals surface area contributed by atoms with Crippen molar-refractivity contribution in [1.82, 2.24) is 0 Å². The third kappa shape index (κ3) is 4.99. The van der Waals surface area contributed by atoms with Crippen molar-refractivity contribution in [3.63, 3.8) is 0 Å². The average molecular weight is 478 g/mol. The molecule has 37 heavy (non-hydrogen) atoms. The van der Waals surface area contributed by atoms with Gasteiger partial charge in [0.05, 0.1) is 0 Å². The zero-order valence-corrected chi connectivity index (χ0v) is 21.3. The van der Waals surface area contributed by atoms with Crippen LogP contribution in [0.4, 0.5) is 17.1 Å². The molecule has 1 aliphatic carbocycles. The van der Waals surface area contributed by atoms with Crippen LogP contribution >= 0.6 is 0 Å². The van der Waals surface area contributed by atoms with E-state index in [1.807, 2.05) is 0 Å². The fraction of sp³-hybridized carbons (Fsp3) is 0.111. The summed E-state index contributed by atoms with van der Waals surface area (Å²) in [7, 11) is 0. The highest BCUT2D eigenvalue weighted by Crippen LogP contribution is 2.37. The Morgan fingerprint density at radius 2 is 1.11 bits per heavy atom. The van der Waals surface area contributed by atoms with Crippen molar-refractivity contribution in [2.24, 2.45) is 0 Å². The van der Waals surface area contributed by atoms with Crippen molar-refractivity contribution in [1.29, 1.82) is 0 Å². The predicted octanol–water partition coefficient (Wildman–Crippen LogP) is 9.54. The van der Waals surface area contributed by atoms with Gasteiger partial charge < -0.3 is 4.90 Å². The van der Waals surface area contributed by atoms with Crippen LogP contribution in [0.15, 0.2) is 127 Å². The zero-order chi connectivity index (χ0) is 25.0. The second-order valence-electron chi connectivity index (χ2n) is 9.86. The molecular formula is C36H31N. The molecular weight excluding hydrogens is 446 g/mol. The molecule has 5 aromatic rings. The molecule has 0 unspecified atom stereocenters. The van der Waals surface area contributed by atoms with Gasteiger partial charge in [-0.3, -0.25) is 0 Å². The predicted molar refractivity (Wildman–Crippen MR) is 158 cm³/mol. The first-order valence-corrected chi connectivity index (χ1v) is 13.2. The Morgan fingerprint density at radius 1 is 0.568 bits per heavy atom. The van der Waals surface area contributed by atoms with Gasteiger partial charge in [0.25, 0.3) is 0 Å². The van der Waals surface area contributed by atoms with E-state index in [4.69, 9.17) is 0 Å². The molecule has 5 aromatic carbocycles. The molecule has 0 spiro atoms. The number of benzene rings is 5. The molecule has 0 N–H and O–H groups in total. The first-order valence-electron chi connectivity index (χ1n) is 13.2. The second-order valence-corrected chi connectivity index (χ2v) is 9.86. The van der Waals surface area contributed by atoms with Gasteiger partial charge in [-0.25, -0.2) is 0 Å². The molecule has 1 heteroatoms. The largest absolute Gasteiger partial charge is 0.310 e. The summed E-state index contributed by atoms with van der Waals surface area (Å²) in [5.41, 5.74) is 12.7. The lowest BCUT2D eigenvalue weighted by atomic mass is 9.95. The van der Waals surface area contributed by atoms with Gasteiger partial charge in [0.1, 0.15) is 0 Å². The van der Waals surface area contributed by atoms with E-state index in [9.17, 15) is 0 Å². The summed E-state index contributed by atoms with van der Waals surface area (Å²) < 4.78 is 0. The lowest BCUT2D eigenvalue weighted by molar-refractivity contribution is 0.912. The molecule has 0 amide bonds.